The van der Waals surface area contributed by atoms with Crippen molar-refractivity contribution in [3.05, 3.63) is 33.8 Å². The third kappa shape index (κ3) is 5.14. The van der Waals surface area contributed by atoms with Crippen molar-refractivity contribution in [3.8, 4) is 0 Å². The first-order valence-corrected chi connectivity index (χ1v) is 5.98. The van der Waals surface area contributed by atoms with Crippen LogP contribution in [0.2, 0.25) is 0 Å². The molecule has 0 N–H and O–H groups in total. The van der Waals surface area contributed by atoms with Crippen molar-refractivity contribution in [2.75, 3.05) is 27.8 Å². The van der Waals surface area contributed by atoms with Gasteiger partial charge in [0.2, 0.25) is 0 Å². The molecule has 0 unspecified atom stereocenters. The van der Waals surface area contributed by atoms with Gasteiger partial charge < -0.3 is 18.9 Å². The normalized spacial score (nSPS) is 10.8. The van der Waals surface area contributed by atoms with E-state index in [1.165, 1.54) is 0 Å². The van der Waals surface area contributed by atoms with E-state index in [0.717, 1.165) is 15.6 Å². The first-order chi connectivity index (χ1) is 8.29. The van der Waals surface area contributed by atoms with Crippen molar-refractivity contribution in [2.45, 2.75) is 13.2 Å². The topological polar surface area (TPSA) is 36.9 Å². The van der Waals surface area contributed by atoms with Crippen LogP contribution in [-0.2, 0) is 32.2 Å². The van der Waals surface area contributed by atoms with E-state index in [0.29, 0.717) is 13.2 Å². The molecule has 0 heterocycles. The predicted octanol–water partition coefficient (Wildman–Crippen LogP) is 2.69. The van der Waals surface area contributed by atoms with Gasteiger partial charge in [-0.15, -0.1) is 0 Å². The highest BCUT2D eigenvalue weighted by atomic mass is 79.9. The Morgan fingerprint density at radius 1 is 0.941 bits per heavy atom. The van der Waals surface area contributed by atoms with Crippen molar-refractivity contribution in [1.82, 2.24) is 0 Å². The molecule has 1 aromatic carbocycles. The van der Waals surface area contributed by atoms with Crippen molar-refractivity contribution >= 4 is 15.9 Å². The summed E-state index contributed by atoms with van der Waals surface area (Å²) in [5, 5.41) is 0. The van der Waals surface area contributed by atoms with Gasteiger partial charge >= 0.3 is 0 Å². The summed E-state index contributed by atoms with van der Waals surface area (Å²) in [6.07, 6.45) is 0. The lowest BCUT2D eigenvalue weighted by atomic mass is 10.1. The van der Waals surface area contributed by atoms with Crippen LogP contribution in [0.25, 0.3) is 0 Å². The average Bonchev–Trinajstić information content (AvgIpc) is 2.34. The molecule has 0 spiro atoms. The van der Waals surface area contributed by atoms with Crippen LogP contribution in [0.5, 0.6) is 0 Å². The maximum absolute atomic E-state index is 5.31. The van der Waals surface area contributed by atoms with E-state index in [9.17, 15) is 0 Å². The van der Waals surface area contributed by atoms with E-state index in [4.69, 9.17) is 18.9 Å². The van der Waals surface area contributed by atoms with Crippen LogP contribution in [0.15, 0.2) is 22.7 Å². The Labute approximate surface area is 110 Å². The van der Waals surface area contributed by atoms with E-state index in [1.807, 2.05) is 18.2 Å². The Morgan fingerprint density at radius 2 is 1.41 bits per heavy atom. The van der Waals surface area contributed by atoms with Crippen LogP contribution >= 0.6 is 15.9 Å². The van der Waals surface area contributed by atoms with E-state index in [2.05, 4.69) is 15.9 Å². The quantitative estimate of drug-likeness (QED) is 0.546. The number of rotatable bonds is 8. The molecule has 5 heteroatoms. The van der Waals surface area contributed by atoms with Crippen molar-refractivity contribution < 1.29 is 18.9 Å². The first-order valence-electron chi connectivity index (χ1n) is 5.19. The standard InChI is InChI=1S/C12H17BrO4/c1-14-8-16-6-10-4-3-5-11(12(10)13)7-17-9-15-2/h3-5H,6-9H2,1-2H3. The van der Waals surface area contributed by atoms with Crippen molar-refractivity contribution in [2.24, 2.45) is 0 Å². The zero-order valence-electron chi connectivity index (χ0n) is 10.1. The van der Waals surface area contributed by atoms with Gasteiger partial charge in [0.05, 0.1) is 13.2 Å². The second kappa shape index (κ2) is 8.60. The minimum absolute atomic E-state index is 0.289. The summed E-state index contributed by atoms with van der Waals surface area (Å²) in [6.45, 7) is 1.59. The molecule has 1 aromatic rings. The smallest absolute Gasteiger partial charge is 0.146 e. The molecule has 0 radical (unpaired) electrons. The summed E-state index contributed by atoms with van der Waals surface area (Å²) in [7, 11) is 3.20. The van der Waals surface area contributed by atoms with Gasteiger partial charge in [0, 0.05) is 18.7 Å². The fourth-order valence-corrected chi connectivity index (χ4v) is 1.82. The molecule has 0 aromatic heterocycles. The summed E-state index contributed by atoms with van der Waals surface area (Å²) in [5.41, 5.74) is 2.14. The zero-order chi connectivity index (χ0) is 12.5. The van der Waals surface area contributed by atoms with Gasteiger partial charge in [-0.2, -0.15) is 0 Å². The number of methoxy groups -OCH3 is 2. The number of ether oxygens (including phenoxy) is 4. The molecule has 0 aliphatic carbocycles. The summed E-state index contributed by atoms with van der Waals surface area (Å²) in [4.78, 5) is 0. The molecule has 1 rings (SSSR count). The van der Waals surface area contributed by atoms with Gasteiger partial charge in [-0.05, 0) is 11.1 Å². The lowest BCUT2D eigenvalue weighted by molar-refractivity contribution is -0.0410. The van der Waals surface area contributed by atoms with Crippen LogP contribution in [0.4, 0.5) is 0 Å². The Hall–Kier alpha value is -0.460. The largest absolute Gasteiger partial charge is 0.359 e. The molecule has 0 amide bonds. The van der Waals surface area contributed by atoms with Gasteiger partial charge in [0.15, 0.2) is 0 Å². The Balaban J connectivity index is 2.56. The van der Waals surface area contributed by atoms with Crippen LogP contribution in [-0.4, -0.2) is 27.8 Å². The highest BCUT2D eigenvalue weighted by molar-refractivity contribution is 9.10. The lowest BCUT2D eigenvalue weighted by Crippen LogP contribution is -2.01. The molecule has 4 nitrogen and oxygen atoms in total. The second-order valence-electron chi connectivity index (χ2n) is 3.40. The van der Waals surface area contributed by atoms with E-state index < -0.39 is 0 Å². The number of benzene rings is 1. The number of hydrogen-bond acceptors (Lipinski definition) is 4. The Bertz CT molecular complexity index is 302. The summed E-state index contributed by atoms with van der Waals surface area (Å²) >= 11 is 3.54. The van der Waals surface area contributed by atoms with E-state index in [-0.39, 0.29) is 13.6 Å². The minimum Gasteiger partial charge on any atom is -0.359 e. The molecule has 0 bridgehead atoms. The van der Waals surface area contributed by atoms with E-state index >= 15 is 0 Å². The molecule has 0 saturated heterocycles. The van der Waals surface area contributed by atoms with Gasteiger partial charge in [-0.3, -0.25) is 0 Å². The first kappa shape index (κ1) is 14.6. The molecule has 0 atom stereocenters. The SMILES string of the molecule is COCOCc1cccc(COCOC)c1Br. The molecular formula is C12H17BrO4. The Morgan fingerprint density at radius 3 is 1.82 bits per heavy atom. The highest BCUT2D eigenvalue weighted by Crippen LogP contribution is 2.23. The molecule has 0 aliphatic rings. The zero-order valence-corrected chi connectivity index (χ0v) is 11.7. The third-order valence-corrected chi connectivity index (χ3v) is 3.09. The monoisotopic (exact) mass is 304 g/mol. The summed E-state index contributed by atoms with van der Waals surface area (Å²) in [6, 6.07) is 5.97. The molecule has 96 valence electrons. The van der Waals surface area contributed by atoms with Gasteiger partial charge in [0.1, 0.15) is 13.6 Å². The number of halogens is 1. The van der Waals surface area contributed by atoms with Gasteiger partial charge in [-0.25, -0.2) is 0 Å². The van der Waals surface area contributed by atoms with Crippen LogP contribution in [0, 0.1) is 0 Å². The molecule has 17 heavy (non-hydrogen) atoms. The van der Waals surface area contributed by atoms with Crippen molar-refractivity contribution in [3.63, 3.8) is 0 Å². The molecule has 0 fully saturated rings. The number of hydrogen-bond donors (Lipinski definition) is 0. The maximum atomic E-state index is 5.31. The second-order valence-corrected chi connectivity index (χ2v) is 4.19. The van der Waals surface area contributed by atoms with Gasteiger partial charge in [0.25, 0.3) is 0 Å². The summed E-state index contributed by atoms with van der Waals surface area (Å²) in [5.74, 6) is 0. The van der Waals surface area contributed by atoms with Crippen LogP contribution < -0.4 is 0 Å². The van der Waals surface area contributed by atoms with Crippen LogP contribution in [0.3, 0.4) is 0 Å². The molecule has 0 saturated carbocycles. The third-order valence-electron chi connectivity index (χ3n) is 2.08. The average molecular weight is 305 g/mol. The Kier molecular flexibility index (Phi) is 7.39. The fraction of sp³-hybridized carbons (Fsp3) is 0.500. The van der Waals surface area contributed by atoms with Gasteiger partial charge in [-0.1, -0.05) is 34.1 Å². The highest BCUT2D eigenvalue weighted by Gasteiger charge is 2.05. The molecule has 0 aliphatic heterocycles. The molecular weight excluding hydrogens is 288 g/mol. The lowest BCUT2D eigenvalue weighted by Gasteiger charge is -2.10. The van der Waals surface area contributed by atoms with E-state index in [1.54, 1.807) is 14.2 Å². The van der Waals surface area contributed by atoms with Crippen LogP contribution in [0.1, 0.15) is 11.1 Å². The summed E-state index contributed by atoms with van der Waals surface area (Å²) < 4.78 is 21.3. The van der Waals surface area contributed by atoms with Crippen molar-refractivity contribution in [1.29, 1.82) is 0 Å². The minimum atomic E-state index is 0.289. The fourth-order valence-electron chi connectivity index (χ4n) is 1.33. The maximum Gasteiger partial charge on any atom is 0.146 e. The predicted molar refractivity (Wildman–Crippen MR) is 67.5 cm³/mol.